The largest absolute Gasteiger partial charge is 0.307 e. The summed E-state index contributed by atoms with van der Waals surface area (Å²) in [6.45, 7) is 0. The van der Waals surface area contributed by atoms with Gasteiger partial charge in [0.1, 0.15) is 5.65 Å². The van der Waals surface area contributed by atoms with Gasteiger partial charge in [-0.15, -0.1) is 11.8 Å². The van der Waals surface area contributed by atoms with Crippen molar-refractivity contribution in [3.8, 4) is 0 Å². The number of carbonyl (C=O) groups excluding carboxylic acids is 1. The maximum atomic E-state index is 11.9. The zero-order valence-electron chi connectivity index (χ0n) is 12.0. The molecular weight excluding hydrogens is 298 g/mol. The van der Waals surface area contributed by atoms with Crippen molar-refractivity contribution in [3.63, 3.8) is 0 Å². The van der Waals surface area contributed by atoms with Crippen molar-refractivity contribution in [1.29, 1.82) is 0 Å². The van der Waals surface area contributed by atoms with Crippen LogP contribution in [-0.4, -0.2) is 22.4 Å². The van der Waals surface area contributed by atoms with Gasteiger partial charge in [-0.3, -0.25) is 9.63 Å². The van der Waals surface area contributed by atoms with Crippen molar-refractivity contribution < 1.29 is 9.63 Å². The molecule has 2 aromatic heterocycles. The molecule has 0 aliphatic carbocycles. The number of hydroxylamine groups is 1. The number of hydrogen-bond acceptors (Lipinski definition) is 4. The summed E-state index contributed by atoms with van der Waals surface area (Å²) in [5.41, 5.74) is 4.84. The topological polar surface area (TPSA) is 55.6 Å². The SMILES string of the molecule is CONC(=O)c1ccccc1SCc1cn2ccccc2n1. The number of imidazole rings is 1. The van der Waals surface area contributed by atoms with Gasteiger partial charge in [-0.1, -0.05) is 18.2 Å². The third kappa shape index (κ3) is 3.13. The van der Waals surface area contributed by atoms with Crippen LogP contribution in [0.3, 0.4) is 0 Å². The van der Waals surface area contributed by atoms with Gasteiger partial charge in [0, 0.05) is 23.0 Å². The van der Waals surface area contributed by atoms with Crippen LogP contribution in [0.15, 0.2) is 59.8 Å². The minimum absolute atomic E-state index is 0.249. The lowest BCUT2D eigenvalue weighted by Gasteiger charge is -2.07. The molecule has 0 saturated carbocycles. The number of amides is 1. The fourth-order valence-electron chi connectivity index (χ4n) is 2.14. The monoisotopic (exact) mass is 313 g/mol. The Morgan fingerprint density at radius 3 is 2.91 bits per heavy atom. The molecule has 2 heterocycles. The Balaban J connectivity index is 1.77. The summed E-state index contributed by atoms with van der Waals surface area (Å²) in [6.07, 6.45) is 3.97. The van der Waals surface area contributed by atoms with Gasteiger partial charge >= 0.3 is 0 Å². The maximum absolute atomic E-state index is 11.9. The van der Waals surface area contributed by atoms with Gasteiger partial charge in [-0.05, 0) is 24.3 Å². The number of hydrogen-bond donors (Lipinski definition) is 1. The van der Waals surface area contributed by atoms with Gasteiger partial charge in [0.05, 0.1) is 18.4 Å². The van der Waals surface area contributed by atoms with Gasteiger partial charge < -0.3 is 4.40 Å². The number of fused-ring (bicyclic) bond motifs is 1. The molecule has 0 unspecified atom stereocenters. The van der Waals surface area contributed by atoms with E-state index >= 15 is 0 Å². The molecule has 0 saturated heterocycles. The van der Waals surface area contributed by atoms with E-state index in [9.17, 15) is 4.79 Å². The van der Waals surface area contributed by atoms with E-state index in [1.165, 1.54) is 7.11 Å². The summed E-state index contributed by atoms with van der Waals surface area (Å²) in [5, 5.41) is 0. The molecule has 0 radical (unpaired) electrons. The van der Waals surface area contributed by atoms with Crippen molar-refractivity contribution in [1.82, 2.24) is 14.9 Å². The van der Waals surface area contributed by atoms with E-state index in [1.54, 1.807) is 17.8 Å². The zero-order chi connectivity index (χ0) is 15.4. The smallest absolute Gasteiger partial charge is 0.275 e. The molecule has 0 bridgehead atoms. The molecule has 0 spiro atoms. The second kappa shape index (κ2) is 6.64. The molecule has 3 aromatic rings. The summed E-state index contributed by atoms with van der Waals surface area (Å²) in [7, 11) is 1.42. The van der Waals surface area contributed by atoms with E-state index in [0.29, 0.717) is 11.3 Å². The molecule has 0 atom stereocenters. The predicted molar refractivity (Wildman–Crippen MR) is 85.7 cm³/mol. The second-order valence-electron chi connectivity index (χ2n) is 4.62. The molecule has 5 nitrogen and oxygen atoms in total. The number of pyridine rings is 1. The van der Waals surface area contributed by atoms with E-state index in [2.05, 4.69) is 10.5 Å². The number of rotatable bonds is 5. The third-order valence-corrected chi connectivity index (χ3v) is 4.22. The third-order valence-electron chi connectivity index (χ3n) is 3.12. The molecular formula is C16H15N3O2S. The molecule has 1 amide bonds. The predicted octanol–water partition coefficient (Wildman–Crippen LogP) is 2.92. The van der Waals surface area contributed by atoms with Gasteiger partial charge in [0.2, 0.25) is 0 Å². The minimum atomic E-state index is -0.249. The van der Waals surface area contributed by atoms with Crippen molar-refractivity contribution in [2.45, 2.75) is 10.6 Å². The Morgan fingerprint density at radius 1 is 1.27 bits per heavy atom. The molecule has 1 N–H and O–H groups in total. The van der Waals surface area contributed by atoms with Crippen LogP contribution >= 0.6 is 11.8 Å². The maximum Gasteiger partial charge on any atom is 0.275 e. The first-order valence-electron chi connectivity index (χ1n) is 6.75. The Morgan fingerprint density at radius 2 is 2.09 bits per heavy atom. The van der Waals surface area contributed by atoms with E-state index in [1.807, 2.05) is 53.2 Å². The summed E-state index contributed by atoms with van der Waals surface area (Å²) >= 11 is 1.58. The first-order chi connectivity index (χ1) is 10.8. The van der Waals surface area contributed by atoms with Crippen LogP contribution in [0.2, 0.25) is 0 Å². The molecule has 0 aliphatic heterocycles. The summed E-state index contributed by atoms with van der Waals surface area (Å²) in [4.78, 5) is 22.1. The van der Waals surface area contributed by atoms with Gasteiger partial charge in [-0.25, -0.2) is 10.5 Å². The summed E-state index contributed by atoms with van der Waals surface area (Å²) in [5.74, 6) is 0.444. The van der Waals surface area contributed by atoms with Crippen LogP contribution in [-0.2, 0) is 10.6 Å². The Bertz CT molecular complexity index is 768. The van der Waals surface area contributed by atoms with Gasteiger partial charge in [0.15, 0.2) is 0 Å². The Kier molecular flexibility index (Phi) is 4.41. The zero-order valence-corrected chi connectivity index (χ0v) is 12.8. The van der Waals surface area contributed by atoms with Crippen molar-refractivity contribution >= 4 is 23.3 Å². The highest BCUT2D eigenvalue weighted by Gasteiger charge is 2.11. The number of aromatic nitrogens is 2. The molecule has 3 rings (SSSR count). The van der Waals surface area contributed by atoms with Crippen LogP contribution < -0.4 is 5.48 Å². The second-order valence-corrected chi connectivity index (χ2v) is 5.64. The van der Waals surface area contributed by atoms with Crippen LogP contribution in [0.1, 0.15) is 16.1 Å². The molecule has 0 aliphatic rings. The molecule has 1 aromatic carbocycles. The molecule has 0 fully saturated rings. The minimum Gasteiger partial charge on any atom is -0.307 e. The lowest BCUT2D eigenvalue weighted by Crippen LogP contribution is -2.22. The fourth-order valence-corrected chi connectivity index (χ4v) is 3.07. The molecule has 6 heteroatoms. The van der Waals surface area contributed by atoms with Crippen LogP contribution in [0.4, 0.5) is 0 Å². The summed E-state index contributed by atoms with van der Waals surface area (Å²) < 4.78 is 1.99. The number of thioether (sulfide) groups is 1. The average molecular weight is 313 g/mol. The molecule has 22 heavy (non-hydrogen) atoms. The first kappa shape index (κ1) is 14.6. The van der Waals surface area contributed by atoms with Crippen LogP contribution in [0.5, 0.6) is 0 Å². The van der Waals surface area contributed by atoms with E-state index in [-0.39, 0.29) is 5.91 Å². The van der Waals surface area contributed by atoms with Crippen LogP contribution in [0.25, 0.3) is 5.65 Å². The van der Waals surface area contributed by atoms with Crippen LogP contribution in [0, 0.1) is 0 Å². The number of benzene rings is 1. The summed E-state index contributed by atoms with van der Waals surface area (Å²) in [6, 6.07) is 13.3. The lowest BCUT2D eigenvalue weighted by molar-refractivity contribution is 0.0534. The number of carbonyl (C=O) groups is 1. The van der Waals surface area contributed by atoms with E-state index in [0.717, 1.165) is 16.2 Å². The fraction of sp³-hybridized carbons (Fsp3) is 0.125. The quantitative estimate of drug-likeness (QED) is 0.581. The van der Waals surface area contributed by atoms with E-state index in [4.69, 9.17) is 4.84 Å². The van der Waals surface area contributed by atoms with Gasteiger partial charge in [0.25, 0.3) is 5.91 Å². The highest BCUT2D eigenvalue weighted by Crippen LogP contribution is 2.26. The van der Waals surface area contributed by atoms with Crippen molar-refractivity contribution in [2.75, 3.05) is 7.11 Å². The number of nitrogens with one attached hydrogen (secondary N) is 1. The molecule has 112 valence electrons. The highest BCUT2D eigenvalue weighted by molar-refractivity contribution is 7.98. The normalized spacial score (nSPS) is 10.8. The standard InChI is InChI=1S/C16H15N3O2S/c1-21-18-16(20)13-6-2-3-7-14(13)22-11-12-10-19-9-5-4-8-15(19)17-12/h2-10H,11H2,1H3,(H,18,20). The number of nitrogens with zero attached hydrogens (tertiary/aromatic N) is 2. The Labute approximate surface area is 132 Å². The van der Waals surface area contributed by atoms with E-state index < -0.39 is 0 Å². The van der Waals surface area contributed by atoms with Gasteiger partial charge in [-0.2, -0.15) is 0 Å². The Hall–Kier alpha value is -2.31. The average Bonchev–Trinajstić information content (AvgIpc) is 2.96. The highest BCUT2D eigenvalue weighted by atomic mass is 32.2. The first-order valence-corrected chi connectivity index (χ1v) is 7.74. The lowest BCUT2D eigenvalue weighted by atomic mass is 10.2. The van der Waals surface area contributed by atoms with Crippen molar-refractivity contribution in [2.24, 2.45) is 0 Å². The van der Waals surface area contributed by atoms with Crippen molar-refractivity contribution in [3.05, 3.63) is 66.1 Å².